The second kappa shape index (κ2) is 9.96. The van der Waals surface area contributed by atoms with Gasteiger partial charge in [-0.1, -0.05) is 41.9 Å². The predicted octanol–water partition coefficient (Wildman–Crippen LogP) is 5.30. The molecule has 0 spiro atoms. The van der Waals surface area contributed by atoms with E-state index in [0.29, 0.717) is 0 Å². The average molecular weight is 551 g/mol. The molecule has 0 heterocycles. The third-order valence-corrected chi connectivity index (χ3v) is 7.64. The van der Waals surface area contributed by atoms with E-state index in [9.17, 15) is 30.0 Å². The van der Waals surface area contributed by atoms with E-state index in [2.05, 4.69) is 4.18 Å². The Bertz CT molecular complexity index is 1420. The molecule has 0 aliphatic rings. The van der Waals surface area contributed by atoms with Gasteiger partial charge in [-0.2, -0.15) is 21.6 Å². The Labute approximate surface area is 205 Å². The van der Waals surface area contributed by atoms with Crippen LogP contribution in [0.1, 0.15) is 11.1 Å². The summed E-state index contributed by atoms with van der Waals surface area (Å²) in [5, 5.41) is -0.633. The van der Waals surface area contributed by atoms with Gasteiger partial charge in [0.25, 0.3) is 0 Å². The number of hydrogen-bond acceptors (Lipinski definition) is 7. The fourth-order valence-corrected chi connectivity index (χ4v) is 5.26. The molecule has 0 fully saturated rings. The Morgan fingerprint density at radius 3 is 2.11 bits per heavy atom. The molecule has 0 aliphatic heterocycles. The van der Waals surface area contributed by atoms with E-state index in [1.165, 1.54) is 25.3 Å². The number of hydrogen-bond donors (Lipinski definition) is 0. The number of aryl methyl sites for hydroxylation is 1. The van der Waals surface area contributed by atoms with Crippen molar-refractivity contribution in [2.24, 2.45) is 0 Å². The second-order valence-electron chi connectivity index (χ2n) is 7.12. The van der Waals surface area contributed by atoms with Crippen LogP contribution in [0.15, 0.2) is 70.5 Å². The number of sulfone groups is 1. The number of halogens is 4. The summed E-state index contributed by atoms with van der Waals surface area (Å²) >= 11 is 5.90. The zero-order chi connectivity index (χ0) is 26.0. The summed E-state index contributed by atoms with van der Waals surface area (Å²) in [5.74, 6) is -0.420. The predicted molar refractivity (Wildman–Crippen MR) is 121 cm³/mol. The van der Waals surface area contributed by atoms with Crippen LogP contribution in [-0.2, 0) is 26.6 Å². The lowest BCUT2D eigenvalue weighted by molar-refractivity contribution is -0.0500. The first-order chi connectivity index (χ1) is 16.3. The van der Waals surface area contributed by atoms with Crippen molar-refractivity contribution < 1.29 is 43.7 Å². The van der Waals surface area contributed by atoms with E-state index < -0.39 is 41.1 Å². The largest absolute Gasteiger partial charge is 0.534 e. The minimum Gasteiger partial charge on any atom is -0.493 e. The molecule has 0 radical (unpaired) electrons. The van der Waals surface area contributed by atoms with Crippen molar-refractivity contribution in [1.82, 2.24) is 0 Å². The zero-order valence-corrected chi connectivity index (χ0v) is 20.6. The lowest BCUT2D eigenvalue weighted by Crippen LogP contribution is -2.28. The van der Waals surface area contributed by atoms with Gasteiger partial charge >= 0.3 is 15.6 Å². The van der Waals surface area contributed by atoms with Crippen molar-refractivity contribution in [2.75, 3.05) is 7.11 Å². The molecule has 0 saturated carbocycles. The summed E-state index contributed by atoms with van der Waals surface area (Å²) < 4.78 is 102. The van der Waals surface area contributed by atoms with Crippen molar-refractivity contribution in [3.05, 3.63) is 76.8 Å². The molecule has 0 unspecified atom stereocenters. The van der Waals surface area contributed by atoms with Crippen LogP contribution >= 0.6 is 11.6 Å². The summed E-state index contributed by atoms with van der Waals surface area (Å²) in [4.78, 5) is -0.606. The second-order valence-corrected chi connectivity index (χ2v) is 11.0. The quantitative estimate of drug-likeness (QED) is 0.277. The molecule has 35 heavy (non-hydrogen) atoms. The standard InChI is InChI=1S/C22H18ClF3O7S2/c1-14-10-17(11-18(23)21(14)33-35(29,30)22(24,25)26)34(27,28)16-8-9-19(20(12-16)31-2)32-13-15-6-4-3-5-7-15/h3-12H,13H2,1-2H3. The average Bonchev–Trinajstić information content (AvgIpc) is 2.79. The first kappa shape index (κ1) is 26.6. The van der Waals surface area contributed by atoms with Crippen molar-refractivity contribution >= 4 is 31.6 Å². The van der Waals surface area contributed by atoms with Crippen LogP contribution in [0, 0.1) is 6.92 Å². The first-order valence-electron chi connectivity index (χ1n) is 9.67. The van der Waals surface area contributed by atoms with Gasteiger partial charge in [0.1, 0.15) is 6.61 Å². The Hall–Kier alpha value is -2.96. The Morgan fingerprint density at radius 1 is 0.886 bits per heavy atom. The van der Waals surface area contributed by atoms with Gasteiger partial charge in [-0.25, -0.2) is 8.42 Å². The number of ether oxygens (including phenoxy) is 2. The van der Waals surface area contributed by atoms with Gasteiger partial charge in [0.15, 0.2) is 17.2 Å². The van der Waals surface area contributed by atoms with Gasteiger partial charge < -0.3 is 13.7 Å². The molecule has 3 aromatic rings. The molecule has 3 rings (SSSR count). The van der Waals surface area contributed by atoms with Gasteiger partial charge in [0.2, 0.25) is 9.84 Å². The highest BCUT2D eigenvalue weighted by Gasteiger charge is 2.49. The fourth-order valence-electron chi connectivity index (χ4n) is 2.92. The maximum Gasteiger partial charge on any atom is 0.534 e. The highest BCUT2D eigenvalue weighted by atomic mass is 35.5. The van der Waals surface area contributed by atoms with Crippen molar-refractivity contribution in [3.8, 4) is 17.2 Å². The third kappa shape index (κ3) is 5.82. The molecule has 0 amide bonds. The van der Waals surface area contributed by atoms with Crippen LogP contribution in [0.25, 0.3) is 0 Å². The summed E-state index contributed by atoms with van der Waals surface area (Å²) in [7, 11) is -8.91. The minimum absolute atomic E-state index is 0.126. The molecule has 0 aliphatic carbocycles. The Kier molecular flexibility index (Phi) is 7.58. The highest BCUT2D eigenvalue weighted by Crippen LogP contribution is 2.38. The smallest absolute Gasteiger partial charge is 0.493 e. The van der Waals surface area contributed by atoms with Crippen molar-refractivity contribution in [2.45, 2.75) is 28.8 Å². The zero-order valence-electron chi connectivity index (χ0n) is 18.2. The van der Waals surface area contributed by atoms with Crippen LogP contribution < -0.4 is 13.7 Å². The molecular formula is C22H18ClF3O7S2. The Balaban J connectivity index is 1.92. The van der Waals surface area contributed by atoms with Gasteiger partial charge in [-0.05, 0) is 42.3 Å². The molecule has 0 saturated heterocycles. The van der Waals surface area contributed by atoms with Crippen LogP contribution in [0.4, 0.5) is 13.2 Å². The summed E-state index contributed by atoms with van der Waals surface area (Å²) in [6.45, 7) is 1.37. The van der Waals surface area contributed by atoms with E-state index >= 15 is 0 Å². The molecule has 0 atom stereocenters. The maximum atomic E-state index is 13.2. The number of methoxy groups -OCH3 is 1. The summed E-state index contributed by atoms with van der Waals surface area (Å²) in [5.41, 5.74) is -5.04. The van der Waals surface area contributed by atoms with E-state index in [4.69, 9.17) is 21.1 Å². The fraction of sp³-hybridized carbons (Fsp3) is 0.182. The molecule has 0 N–H and O–H groups in total. The lowest BCUT2D eigenvalue weighted by atomic mass is 10.2. The van der Waals surface area contributed by atoms with E-state index in [1.807, 2.05) is 30.3 Å². The van der Waals surface area contributed by atoms with Crippen molar-refractivity contribution in [1.29, 1.82) is 0 Å². The molecule has 7 nitrogen and oxygen atoms in total. The molecule has 0 bridgehead atoms. The van der Waals surface area contributed by atoms with Crippen LogP contribution in [0.5, 0.6) is 17.2 Å². The number of alkyl halides is 3. The number of rotatable bonds is 8. The van der Waals surface area contributed by atoms with Crippen LogP contribution in [0.3, 0.4) is 0 Å². The Morgan fingerprint density at radius 2 is 1.54 bits per heavy atom. The van der Waals surface area contributed by atoms with E-state index in [0.717, 1.165) is 24.6 Å². The highest BCUT2D eigenvalue weighted by molar-refractivity contribution is 7.91. The molecule has 3 aromatic carbocycles. The lowest BCUT2D eigenvalue weighted by Gasteiger charge is -2.15. The van der Waals surface area contributed by atoms with Crippen LogP contribution in [0.2, 0.25) is 5.02 Å². The first-order valence-corrected chi connectivity index (χ1v) is 12.9. The molecular weight excluding hydrogens is 533 g/mol. The summed E-state index contributed by atoms with van der Waals surface area (Å²) in [6.07, 6.45) is 0. The van der Waals surface area contributed by atoms with Gasteiger partial charge in [0, 0.05) is 6.07 Å². The van der Waals surface area contributed by atoms with Gasteiger partial charge in [-0.3, -0.25) is 0 Å². The topological polar surface area (TPSA) is 96.0 Å². The monoisotopic (exact) mass is 550 g/mol. The third-order valence-electron chi connectivity index (χ3n) is 4.67. The van der Waals surface area contributed by atoms with Crippen LogP contribution in [-0.4, -0.2) is 29.5 Å². The van der Waals surface area contributed by atoms with Crippen molar-refractivity contribution in [3.63, 3.8) is 0 Å². The maximum absolute atomic E-state index is 13.2. The van der Waals surface area contributed by atoms with E-state index in [1.54, 1.807) is 0 Å². The normalized spacial score (nSPS) is 12.3. The molecule has 13 heteroatoms. The molecule has 0 aromatic heterocycles. The molecule has 188 valence electrons. The minimum atomic E-state index is -6.00. The van der Waals surface area contributed by atoms with E-state index in [-0.39, 0.29) is 28.6 Å². The number of benzene rings is 3. The summed E-state index contributed by atoms with van der Waals surface area (Å²) in [6, 6.07) is 14.9. The van der Waals surface area contributed by atoms with Gasteiger partial charge in [-0.15, -0.1) is 0 Å². The van der Waals surface area contributed by atoms with Gasteiger partial charge in [0.05, 0.1) is 21.9 Å². The SMILES string of the molecule is COc1cc(S(=O)(=O)c2cc(C)c(OS(=O)(=O)C(F)(F)F)c(Cl)c2)ccc1OCc1ccccc1.